The van der Waals surface area contributed by atoms with E-state index < -0.39 is 0 Å². The Kier molecular flexibility index (Phi) is 5.45. The highest BCUT2D eigenvalue weighted by molar-refractivity contribution is 6.20. The van der Waals surface area contributed by atoms with Crippen LogP contribution >= 0.6 is 0 Å². The van der Waals surface area contributed by atoms with Crippen LogP contribution in [0.25, 0.3) is 0 Å². The van der Waals surface area contributed by atoms with E-state index in [1.165, 1.54) is 11.7 Å². The van der Waals surface area contributed by atoms with Gasteiger partial charge in [-0.05, 0) is 18.1 Å². The maximum atomic E-state index is 7.10. The first-order chi connectivity index (χ1) is 5.72. The lowest BCUT2D eigenvalue weighted by Gasteiger charge is -2.10. The van der Waals surface area contributed by atoms with E-state index in [1.54, 1.807) is 12.4 Å². The molecule has 1 aromatic heterocycles. The molecule has 2 radical (unpaired) electrons. The fraction of sp³-hybridized carbons (Fsp3) is 0.250. The number of nitrogens with zero attached hydrogens (tertiary/aromatic N) is 3. The highest BCUT2D eigenvalue weighted by Gasteiger charge is 1.88. The van der Waals surface area contributed by atoms with Crippen molar-refractivity contribution in [1.82, 2.24) is 4.98 Å². The minimum Gasteiger partial charge on any atom is -0.378 e. The summed E-state index contributed by atoms with van der Waals surface area (Å²) in [7, 11) is 8.17. The summed E-state index contributed by atoms with van der Waals surface area (Å²) in [5.74, 6) is 1.25. The van der Waals surface area contributed by atoms with Crippen LogP contribution in [0.15, 0.2) is 24.5 Å². The molecule has 0 N–H and O–H groups in total. The molecule has 0 aliphatic rings. The Morgan fingerprint density at radius 1 is 1.42 bits per heavy atom. The number of hydrogen-bond acceptors (Lipinski definition) is 3. The molecule has 0 spiro atoms. The number of pyridine rings is 1. The second kappa shape index (κ2) is 6.23. The Balaban J connectivity index is 0.000000354. The molecule has 0 bridgehead atoms. The Morgan fingerprint density at radius 3 is 2.08 bits per heavy atom. The molecule has 0 atom stereocenters. The number of anilines is 1. The van der Waals surface area contributed by atoms with Crippen molar-refractivity contribution in [2.45, 2.75) is 0 Å². The fourth-order valence-corrected chi connectivity index (χ4v) is 0.642. The lowest BCUT2D eigenvalue weighted by Crippen LogP contribution is -2.07. The van der Waals surface area contributed by atoms with E-state index in [9.17, 15) is 0 Å². The quantitative estimate of drug-likeness (QED) is 0.568. The molecular weight excluding hydrogens is 149 g/mol. The molecule has 4 heteroatoms. The Morgan fingerprint density at radius 2 is 1.83 bits per heavy atom. The third kappa shape index (κ3) is 4.34. The minimum atomic E-state index is 1.19. The van der Waals surface area contributed by atoms with E-state index >= 15 is 0 Å². The lowest BCUT2D eigenvalue weighted by molar-refractivity contribution is 1.12. The van der Waals surface area contributed by atoms with Crippen LogP contribution in [0, 0.1) is 11.2 Å². The average molecular weight is 159 g/mol. The summed E-state index contributed by atoms with van der Waals surface area (Å²) in [6.45, 7) is 0. The molecule has 60 valence electrons. The largest absolute Gasteiger partial charge is 0.378 e. The molecule has 0 saturated carbocycles. The molecule has 0 amide bonds. The number of hydrogen-bond donors (Lipinski definition) is 0. The molecule has 1 heterocycles. The Bertz CT molecular complexity index is 240. The summed E-state index contributed by atoms with van der Waals surface area (Å²) in [6, 6.07) is 3.94. The Labute approximate surface area is 74.1 Å². The van der Waals surface area contributed by atoms with Crippen molar-refractivity contribution in [2.24, 2.45) is 0 Å². The van der Waals surface area contributed by atoms with Crippen LogP contribution in [0.2, 0.25) is 0 Å². The molecule has 1 rings (SSSR count). The molecule has 0 saturated heterocycles. The van der Waals surface area contributed by atoms with Crippen LogP contribution in [-0.2, 0) is 0 Å². The van der Waals surface area contributed by atoms with Gasteiger partial charge in [0.2, 0.25) is 7.85 Å². The van der Waals surface area contributed by atoms with Crippen molar-refractivity contribution in [3.05, 3.63) is 24.5 Å². The zero-order chi connectivity index (χ0) is 9.40. The highest BCUT2D eigenvalue weighted by Crippen LogP contribution is 2.05. The van der Waals surface area contributed by atoms with Crippen LogP contribution < -0.4 is 4.90 Å². The van der Waals surface area contributed by atoms with Gasteiger partial charge >= 0.3 is 0 Å². The summed E-state index contributed by atoms with van der Waals surface area (Å²) < 4.78 is 0. The van der Waals surface area contributed by atoms with Gasteiger partial charge in [-0.3, -0.25) is 4.98 Å². The van der Waals surface area contributed by atoms with Crippen LogP contribution in [0.1, 0.15) is 0 Å². The minimum absolute atomic E-state index is 1.19. The normalized spacial score (nSPS) is 7.42. The van der Waals surface area contributed by atoms with Gasteiger partial charge in [-0.2, -0.15) is 0 Å². The SMILES string of the molecule is CN(C)c1ccncc1.[B]C#N. The molecule has 0 aliphatic heterocycles. The molecule has 0 aliphatic carbocycles. The van der Waals surface area contributed by atoms with Crippen LogP contribution in [0.5, 0.6) is 0 Å². The molecule has 3 nitrogen and oxygen atoms in total. The monoisotopic (exact) mass is 159 g/mol. The summed E-state index contributed by atoms with van der Waals surface area (Å²) in [6.07, 6.45) is 3.57. The maximum Gasteiger partial charge on any atom is 0.229 e. The van der Waals surface area contributed by atoms with Gasteiger partial charge in [-0.15, -0.1) is 0 Å². The van der Waals surface area contributed by atoms with Crippen LogP contribution in [0.3, 0.4) is 0 Å². The van der Waals surface area contributed by atoms with Gasteiger partial charge in [0.25, 0.3) is 0 Å². The zero-order valence-electron chi connectivity index (χ0n) is 7.23. The van der Waals surface area contributed by atoms with Gasteiger partial charge in [0, 0.05) is 32.2 Å². The third-order valence-electron chi connectivity index (χ3n) is 1.18. The third-order valence-corrected chi connectivity index (χ3v) is 1.18. The van der Waals surface area contributed by atoms with E-state index in [1.807, 2.05) is 31.1 Å². The predicted octanol–water partition coefficient (Wildman–Crippen LogP) is 0.784. The van der Waals surface area contributed by atoms with E-state index in [0.717, 1.165) is 0 Å². The molecule has 0 unspecified atom stereocenters. The summed E-state index contributed by atoms with van der Waals surface area (Å²) in [5.41, 5.74) is 1.19. The second-order valence-corrected chi connectivity index (χ2v) is 2.23. The van der Waals surface area contributed by atoms with Gasteiger partial charge in [0.1, 0.15) is 0 Å². The van der Waals surface area contributed by atoms with Crippen LogP contribution in [0.4, 0.5) is 5.69 Å². The fourth-order valence-electron chi connectivity index (χ4n) is 0.642. The highest BCUT2D eigenvalue weighted by atomic mass is 15.1. The number of rotatable bonds is 1. The molecule has 1 aromatic rings. The average Bonchev–Trinajstić information content (AvgIpc) is 2.07. The topological polar surface area (TPSA) is 39.9 Å². The van der Waals surface area contributed by atoms with Crippen molar-refractivity contribution in [3.63, 3.8) is 0 Å². The van der Waals surface area contributed by atoms with E-state index in [0.29, 0.717) is 0 Å². The van der Waals surface area contributed by atoms with Gasteiger partial charge < -0.3 is 4.90 Å². The van der Waals surface area contributed by atoms with Crippen molar-refractivity contribution >= 4 is 13.5 Å². The van der Waals surface area contributed by atoms with Gasteiger partial charge in [-0.1, -0.05) is 0 Å². The van der Waals surface area contributed by atoms with E-state index in [2.05, 4.69) is 12.8 Å². The van der Waals surface area contributed by atoms with Gasteiger partial charge in [0.05, 0.1) is 0 Å². The molecular formula is C8H10BN3. The van der Waals surface area contributed by atoms with Crippen molar-refractivity contribution < 1.29 is 0 Å². The smallest absolute Gasteiger partial charge is 0.229 e. The second-order valence-electron chi connectivity index (χ2n) is 2.23. The molecule has 0 aromatic carbocycles. The summed E-state index contributed by atoms with van der Waals surface area (Å²) in [5, 5.41) is 7.10. The zero-order valence-corrected chi connectivity index (χ0v) is 7.23. The Hall–Kier alpha value is -1.50. The van der Waals surface area contributed by atoms with Gasteiger partial charge in [-0.25, -0.2) is 5.26 Å². The van der Waals surface area contributed by atoms with E-state index in [-0.39, 0.29) is 0 Å². The molecule has 12 heavy (non-hydrogen) atoms. The number of aromatic nitrogens is 1. The van der Waals surface area contributed by atoms with Gasteiger partial charge in [0.15, 0.2) is 0 Å². The van der Waals surface area contributed by atoms with Crippen molar-refractivity contribution in [2.75, 3.05) is 19.0 Å². The first-order valence-corrected chi connectivity index (χ1v) is 3.39. The van der Waals surface area contributed by atoms with Crippen molar-refractivity contribution in [1.29, 1.82) is 5.26 Å². The van der Waals surface area contributed by atoms with Crippen molar-refractivity contribution in [3.8, 4) is 5.97 Å². The standard InChI is InChI=1S/C7H10N2.CBN/c1-9(2)7-3-5-8-6-4-7;2-1-3/h3-6H,1-2H3;. The first kappa shape index (κ1) is 10.5. The number of nitriles is 1. The first-order valence-electron chi connectivity index (χ1n) is 3.39. The summed E-state index contributed by atoms with van der Waals surface area (Å²) >= 11 is 0. The molecule has 0 fully saturated rings. The maximum absolute atomic E-state index is 7.10. The van der Waals surface area contributed by atoms with Crippen LogP contribution in [-0.4, -0.2) is 26.9 Å². The lowest BCUT2D eigenvalue weighted by atomic mass is 10.2. The van der Waals surface area contributed by atoms with E-state index in [4.69, 9.17) is 5.26 Å². The predicted molar refractivity (Wildman–Crippen MR) is 49.9 cm³/mol. The summed E-state index contributed by atoms with van der Waals surface area (Å²) in [4.78, 5) is 5.94.